The van der Waals surface area contributed by atoms with E-state index in [0.29, 0.717) is 12.8 Å². The van der Waals surface area contributed by atoms with Gasteiger partial charge in [-0.15, -0.1) is 0 Å². The van der Waals surface area contributed by atoms with E-state index in [0.717, 1.165) is 5.56 Å². The largest absolute Gasteiger partial charge is 0.457 e. The Kier molecular flexibility index (Phi) is 6.22. The maximum atomic E-state index is 14.2. The molecule has 2 aliphatic carbocycles. The number of ether oxygens (including phenoxy) is 2. The minimum atomic E-state index is -1.03. The lowest BCUT2D eigenvalue weighted by molar-refractivity contribution is -0.162. The van der Waals surface area contributed by atoms with Gasteiger partial charge in [-0.2, -0.15) is 0 Å². The molecular formula is C30H37NO5. The predicted molar refractivity (Wildman–Crippen MR) is 136 cm³/mol. The molecule has 192 valence electrons. The summed E-state index contributed by atoms with van der Waals surface area (Å²) in [6.07, 6.45) is 8.05. The zero-order chi connectivity index (χ0) is 25.8. The summed E-state index contributed by atoms with van der Waals surface area (Å²) in [6.45, 7) is 9.49. The van der Waals surface area contributed by atoms with Crippen LogP contribution in [0.25, 0.3) is 0 Å². The van der Waals surface area contributed by atoms with E-state index in [1.54, 1.807) is 6.08 Å². The van der Waals surface area contributed by atoms with Crippen LogP contribution in [0.3, 0.4) is 0 Å². The molecule has 6 nitrogen and oxygen atoms in total. The molecule has 0 bridgehead atoms. The van der Waals surface area contributed by atoms with E-state index in [4.69, 9.17) is 9.47 Å². The maximum absolute atomic E-state index is 14.2. The van der Waals surface area contributed by atoms with Crippen LogP contribution in [0.5, 0.6) is 0 Å². The molecule has 1 N–H and O–H groups in total. The van der Waals surface area contributed by atoms with E-state index in [9.17, 15) is 14.4 Å². The highest BCUT2D eigenvalue weighted by Gasteiger charge is 2.78. The van der Waals surface area contributed by atoms with Crippen LogP contribution in [0, 0.1) is 35.0 Å². The van der Waals surface area contributed by atoms with E-state index >= 15 is 0 Å². The summed E-state index contributed by atoms with van der Waals surface area (Å²) in [5, 5.41) is 3.33. The zero-order valence-electron chi connectivity index (χ0n) is 21.8. The van der Waals surface area contributed by atoms with Gasteiger partial charge in [0.15, 0.2) is 0 Å². The van der Waals surface area contributed by atoms with Crippen LogP contribution in [-0.4, -0.2) is 41.5 Å². The number of ketones is 1. The number of rotatable bonds is 3. The van der Waals surface area contributed by atoms with Gasteiger partial charge in [0.25, 0.3) is 0 Å². The van der Waals surface area contributed by atoms with Gasteiger partial charge in [0.05, 0.1) is 11.7 Å². The standard InChI is InChI=1S/C30H37NO5/c1-17-10-9-13-22-27-29(5,36-27)19(3)25-23(16-21-11-7-6-8-12-21)31-28(34)30(22,25)24(35-20(4)32)15-14-18(2)26(17)33/h6-9,11-15,17-19,22-25,27H,10,16H2,1-5H3,(H,31,34). The van der Waals surface area contributed by atoms with Crippen molar-refractivity contribution in [2.75, 3.05) is 0 Å². The summed E-state index contributed by atoms with van der Waals surface area (Å²) in [5.74, 6) is -1.27. The highest BCUT2D eigenvalue weighted by Crippen LogP contribution is 2.67. The van der Waals surface area contributed by atoms with Crippen molar-refractivity contribution < 1.29 is 23.9 Å². The molecule has 10 atom stereocenters. The number of carbonyl (C=O) groups excluding carboxylic acids is 3. The number of benzene rings is 1. The number of esters is 1. The van der Waals surface area contributed by atoms with Gasteiger partial charge in [0.1, 0.15) is 17.3 Å². The first-order valence-corrected chi connectivity index (χ1v) is 13.2. The van der Waals surface area contributed by atoms with Crippen LogP contribution in [0.2, 0.25) is 0 Å². The van der Waals surface area contributed by atoms with Crippen LogP contribution in [0.1, 0.15) is 46.6 Å². The smallest absolute Gasteiger partial charge is 0.303 e. The van der Waals surface area contributed by atoms with E-state index < -0.39 is 17.5 Å². The Bertz CT molecular complexity index is 1110. The number of allylic oxidation sites excluding steroid dienone is 2. The first-order valence-electron chi connectivity index (χ1n) is 13.2. The van der Waals surface area contributed by atoms with Gasteiger partial charge < -0.3 is 14.8 Å². The lowest BCUT2D eigenvalue weighted by Crippen LogP contribution is -2.60. The Morgan fingerprint density at radius 1 is 1.11 bits per heavy atom. The highest BCUT2D eigenvalue weighted by molar-refractivity contribution is 5.89. The zero-order valence-corrected chi connectivity index (χ0v) is 21.8. The molecule has 1 spiro atoms. The van der Waals surface area contributed by atoms with Crippen molar-refractivity contribution in [3.8, 4) is 0 Å². The highest BCUT2D eigenvalue weighted by atomic mass is 16.6. The molecule has 1 aromatic carbocycles. The summed E-state index contributed by atoms with van der Waals surface area (Å²) in [5.41, 5.74) is -0.245. The van der Waals surface area contributed by atoms with Crippen molar-refractivity contribution in [2.24, 2.45) is 35.0 Å². The van der Waals surface area contributed by atoms with Crippen LogP contribution in [0.4, 0.5) is 0 Å². The van der Waals surface area contributed by atoms with Gasteiger partial charge in [-0.05, 0) is 37.3 Å². The molecule has 36 heavy (non-hydrogen) atoms. The number of nitrogens with one attached hydrogen (secondary N) is 1. The average Bonchev–Trinajstić information content (AvgIpc) is 3.46. The fourth-order valence-electron chi connectivity index (χ4n) is 7.29. The Hall–Kier alpha value is -2.73. The number of Topliss-reactive ketones (excluding diaryl/α,β-unsaturated/α-hetero) is 1. The summed E-state index contributed by atoms with van der Waals surface area (Å²) in [7, 11) is 0. The molecule has 10 unspecified atom stereocenters. The Labute approximate surface area is 213 Å². The molecule has 2 heterocycles. The molecule has 0 aromatic heterocycles. The van der Waals surface area contributed by atoms with E-state index in [2.05, 4.69) is 37.4 Å². The van der Waals surface area contributed by atoms with Gasteiger partial charge in [0.2, 0.25) is 5.91 Å². The fraction of sp³-hybridized carbons (Fsp3) is 0.567. The van der Waals surface area contributed by atoms with Gasteiger partial charge in [-0.3, -0.25) is 14.4 Å². The molecule has 5 rings (SSSR count). The Morgan fingerprint density at radius 2 is 1.83 bits per heavy atom. The maximum Gasteiger partial charge on any atom is 0.303 e. The number of epoxide rings is 1. The van der Waals surface area contributed by atoms with Crippen molar-refractivity contribution in [3.05, 3.63) is 60.2 Å². The summed E-state index contributed by atoms with van der Waals surface area (Å²) in [4.78, 5) is 39.6. The van der Waals surface area contributed by atoms with Crippen LogP contribution in [0.15, 0.2) is 54.6 Å². The molecule has 4 aliphatic rings. The summed E-state index contributed by atoms with van der Waals surface area (Å²) < 4.78 is 12.4. The van der Waals surface area contributed by atoms with Gasteiger partial charge in [0, 0.05) is 36.6 Å². The van der Waals surface area contributed by atoms with E-state index in [1.807, 2.05) is 44.2 Å². The number of hydrogen-bond donors (Lipinski definition) is 1. The van der Waals surface area contributed by atoms with Gasteiger partial charge >= 0.3 is 5.97 Å². The van der Waals surface area contributed by atoms with Crippen molar-refractivity contribution in [1.82, 2.24) is 5.32 Å². The molecule has 1 amide bonds. The summed E-state index contributed by atoms with van der Waals surface area (Å²) in [6, 6.07) is 10.0. The Morgan fingerprint density at radius 3 is 2.53 bits per heavy atom. The van der Waals surface area contributed by atoms with Gasteiger partial charge in [-0.1, -0.05) is 69.3 Å². The van der Waals surface area contributed by atoms with Crippen molar-refractivity contribution >= 4 is 17.7 Å². The molecule has 2 saturated heterocycles. The predicted octanol–water partition coefficient (Wildman–Crippen LogP) is 4.04. The second-order valence-corrected chi connectivity index (χ2v) is 11.4. The number of carbonyl (C=O) groups is 3. The average molecular weight is 492 g/mol. The normalized spacial score (nSPS) is 43.5. The first-order chi connectivity index (χ1) is 17.1. The minimum Gasteiger partial charge on any atom is -0.457 e. The van der Waals surface area contributed by atoms with E-state index in [1.165, 1.54) is 6.92 Å². The number of amides is 1. The molecule has 0 radical (unpaired) electrons. The molecule has 1 aromatic rings. The van der Waals surface area contributed by atoms with Crippen LogP contribution >= 0.6 is 0 Å². The number of fused-ring (bicyclic) bond motifs is 2. The molecule has 2 aliphatic heterocycles. The fourth-order valence-corrected chi connectivity index (χ4v) is 7.29. The molecule has 6 heteroatoms. The first kappa shape index (κ1) is 24.9. The Balaban J connectivity index is 1.68. The van der Waals surface area contributed by atoms with E-state index in [-0.39, 0.29) is 59.0 Å². The lowest BCUT2D eigenvalue weighted by Gasteiger charge is -2.49. The molecule has 3 fully saturated rings. The van der Waals surface area contributed by atoms with Crippen molar-refractivity contribution in [1.29, 1.82) is 0 Å². The SMILES string of the molecule is CC(=O)OC1C=CC(C)C(=O)C(C)CC=CC2C3OC3(C)C(C)C3C(Cc4ccccc4)NC(=O)C123. The number of hydrogen-bond acceptors (Lipinski definition) is 5. The van der Waals surface area contributed by atoms with Crippen LogP contribution in [-0.2, 0) is 30.3 Å². The minimum absolute atomic E-state index is 0.0503. The van der Waals surface area contributed by atoms with Crippen molar-refractivity contribution in [3.63, 3.8) is 0 Å². The third-order valence-corrected chi connectivity index (χ3v) is 9.31. The van der Waals surface area contributed by atoms with Gasteiger partial charge in [-0.25, -0.2) is 0 Å². The quantitative estimate of drug-likeness (QED) is 0.392. The molecular weight excluding hydrogens is 454 g/mol. The molecule has 1 saturated carbocycles. The monoisotopic (exact) mass is 491 g/mol. The second kappa shape index (κ2) is 8.98. The second-order valence-electron chi connectivity index (χ2n) is 11.4. The van der Waals surface area contributed by atoms with Crippen molar-refractivity contribution in [2.45, 2.75) is 71.3 Å². The lowest BCUT2D eigenvalue weighted by atomic mass is 9.51. The topological polar surface area (TPSA) is 85.0 Å². The van der Waals surface area contributed by atoms with Crippen LogP contribution < -0.4 is 5.32 Å². The third kappa shape index (κ3) is 3.76. The summed E-state index contributed by atoms with van der Waals surface area (Å²) >= 11 is 0. The third-order valence-electron chi connectivity index (χ3n) is 9.31.